The van der Waals surface area contributed by atoms with E-state index in [2.05, 4.69) is 78.9 Å². The van der Waals surface area contributed by atoms with Gasteiger partial charge in [0.15, 0.2) is 0 Å². The van der Waals surface area contributed by atoms with E-state index in [1.165, 1.54) is 32.0 Å². The molecule has 0 saturated carbocycles. The monoisotopic (exact) mass is 356 g/mol. The molecule has 0 bridgehead atoms. The number of methoxy groups -OCH3 is 1. The molecule has 0 saturated heterocycles. The third-order valence-electron chi connectivity index (χ3n) is 4.46. The molecular formula is C24H20OS. The molecule has 0 fully saturated rings. The SMILES string of the molecule is COc1ccc(Cc2cc(-c3ccccc3)sc2-c2ccccc2)cc1. The van der Waals surface area contributed by atoms with Gasteiger partial charge in [0.1, 0.15) is 5.75 Å². The fourth-order valence-electron chi connectivity index (χ4n) is 3.10. The Morgan fingerprint density at radius 1 is 0.731 bits per heavy atom. The minimum Gasteiger partial charge on any atom is -0.497 e. The fraction of sp³-hybridized carbons (Fsp3) is 0.0833. The molecule has 26 heavy (non-hydrogen) atoms. The minimum absolute atomic E-state index is 0.896. The highest BCUT2D eigenvalue weighted by atomic mass is 32.1. The number of thiophene rings is 1. The average molecular weight is 356 g/mol. The van der Waals surface area contributed by atoms with E-state index in [9.17, 15) is 0 Å². The molecule has 0 atom stereocenters. The summed E-state index contributed by atoms with van der Waals surface area (Å²) in [6, 6.07) is 32.0. The molecule has 4 aromatic rings. The van der Waals surface area contributed by atoms with Crippen LogP contribution in [0.3, 0.4) is 0 Å². The lowest BCUT2D eigenvalue weighted by Gasteiger charge is -2.05. The average Bonchev–Trinajstić information content (AvgIpc) is 3.14. The van der Waals surface area contributed by atoms with Gasteiger partial charge in [0.05, 0.1) is 7.11 Å². The zero-order valence-corrected chi connectivity index (χ0v) is 15.5. The standard InChI is InChI=1S/C24H20OS/c1-25-22-14-12-18(13-15-22)16-21-17-23(19-8-4-2-5-9-19)26-24(21)20-10-6-3-7-11-20/h2-15,17H,16H2,1H3. The topological polar surface area (TPSA) is 9.23 Å². The predicted octanol–water partition coefficient (Wildman–Crippen LogP) is 6.68. The van der Waals surface area contributed by atoms with E-state index in [1.54, 1.807) is 7.11 Å². The molecule has 2 heteroatoms. The first kappa shape index (κ1) is 16.6. The maximum atomic E-state index is 5.28. The van der Waals surface area contributed by atoms with Crippen LogP contribution >= 0.6 is 11.3 Å². The summed E-state index contributed by atoms with van der Waals surface area (Å²) in [5, 5.41) is 0. The van der Waals surface area contributed by atoms with Crippen LogP contribution < -0.4 is 4.74 Å². The summed E-state index contributed by atoms with van der Waals surface area (Å²) in [5.74, 6) is 0.896. The van der Waals surface area contributed by atoms with Gasteiger partial charge in [0.2, 0.25) is 0 Å². The molecule has 0 aliphatic heterocycles. The Hall–Kier alpha value is -2.84. The first-order chi connectivity index (χ1) is 12.8. The summed E-state index contributed by atoms with van der Waals surface area (Å²) in [5.41, 5.74) is 5.21. The zero-order chi connectivity index (χ0) is 17.8. The molecule has 0 aliphatic carbocycles. The minimum atomic E-state index is 0.896. The molecule has 0 amide bonds. The molecule has 0 radical (unpaired) electrons. The van der Waals surface area contributed by atoms with Gasteiger partial charge in [-0.3, -0.25) is 0 Å². The van der Waals surface area contributed by atoms with Crippen molar-refractivity contribution in [3.63, 3.8) is 0 Å². The lowest BCUT2D eigenvalue weighted by atomic mass is 10.0. The lowest BCUT2D eigenvalue weighted by molar-refractivity contribution is 0.414. The van der Waals surface area contributed by atoms with E-state index in [1.807, 2.05) is 23.5 Å². The fourth-order valence-corrected chi connectivity index (χ4v) is 4.29. The second kappa shape index (κ2) is 7.59. The molecule has 0 N–H and O–H groups in total. The molecular weight excluding hydrogens is 336 g/mol. The van der Waals surface area contributed by atoms with Crippen molar-refractivity contribution in [3.8, 4) is 26.6 Å². The van der Waals surface area contributed by atoms with Crippen LogP contribution in [-0.4, -0.2) is 7.11 Å². The van der Waals surface area contributed by atoms with Crippen LogP contribution in [0.1, 0.15) is 11.1 Å². The predicted molar refractivity (Wildman–Crippen MR) is 111 cm³/mol. The van der Waals surface area contributed by atoms with Gasteiger partial charge in [-0.25, -0.2) is 0 Å². The zero-order valence-electron chi connectivity index (χ0n) is 14.7. The Morgan fingerprint density at radius 3 is 1.96 bits per heavy atom. The van der Waals surface area contributed by atoms with E-state index in [-0.39, 0.29) is 0 Å². The molecule has 3 aromatic carbocycles. The smallest absolute Gasteiger partial charge is 0.118 e. The van der Waals surface area contributed by atoms with Crippen LogP contribution in [0.25, 0.3) is 20.9 Å². The number of hydrogen-bond donors (Lipinski definition) is 0. The van der Waals surface area contributed by atoms with Crippen LogP contribution in [0.15, 0.2) is 91.0 Å². The quantitative estimate of drug-likeness (QED) is 0.387. The normalized spacial score (nSPS) is 10.7. The molecule has 1 nitrogen and oxygen atoms in total. The summed E-state index contributed by atoms with van der Waals surface area (Å²) in [7, 11) is 1.70. The highest BCUT2D eigenvalue weighted by Crippen LogP contribution is 2.39. The highest BCUT2D eigenvalue weighted by molar-refractivity contribution is 7.19. The van der Waals surface area contributed by atoms with E-state index in [0.717, 1.165) is 12.2 Å². The van der Waals surface area contributed by atoms with Crippen molar-refractivity contribution >= 4 is 11.3 Å². The molecule has 0 spiro atoms. The maximum absolute atomic E-state index is 5.28. The molecule has 4 rings (SSSR count). The van der Waals surface area contributed by atoms with Crippen LogP contribution in [0.5, 0.6) is 5.75 Å². The molecule has 1 aromatic heterocycles. The summed E-state index contributed by atoms with van der Waals surface area (Å²) in [4.78, 5) is 2.66. The van der Waals surface area contributed by atoms with Gasteiger partial charge in [-0.15, -0.1) is 11.3 Å². The van der Waals surface area contributed by atoms with E-state index in [0.29, 0.717) is 0 Å². The number of ether oxygens (including phenoxy) is 1. The molecule has 128 valence electrons. The van der Waals surface area contributed by atoms with Crippen LogP contribution in [0.4, 0.5) is 0 Å². The van der Waals surface area contributed by atoms with Crippen LogP contribution in [-0.2, 0) is 6.42 Å². The van der Waals surface area contributed by atoms with E-state index >= 15 is 0 Å². The Balaban J connectivity index is 1.75. The maximum Gasteiger partial charge on any atom is 0.118 e. The Kier molecular flexibility index (Phi) is 4.85. The van der Waals surface area contributed by atoms with Crippen molar-refractivity contribution in [2.45, 2.75) is 6.42 Å². The van der Waals surface area contributed by atoms with Crippen molar-refractivity contribution < 1.29 is 4.74 Å². The summed E-state index contributed by atoms with van der Waals surface area (Å²) in [6.07, 6.45) is 0.914. The van der Waals surface area contributed by atoms with Gasteiger partial charge in [-0.1, -0.05) is 72.8 Å². The second-order valence-corrected chi connectivity index (χ2v) is 7.27. The Morgan fingerprint density at radius 2 is 1.35 bits per heavy atom. The largest absolute Gasteiger partial charge is 0.497 e. The van der Waals surface area contributed by atoms with Gasteiger partial charge < -0.3 is 4.74 Å². The number of hydrogen-bond acceptors (Lipinski definition) is 2. The van der Waals surface area contributed by atoms with Gasteiger partial charge in [0.25, 0.3) is 0 Å². The van der Waals surface area contributed by atoms with Gasteiger partial charge in [-0.05, 0) is 46.9 Å². The van der Waals surface area contributed by atoms with Crippen molar-refractivity contribution in [2.24, 2.45) is 0 Å². The summed E-state index contributed by atoms with van der Waals surface area (Å²) >= 11 is 1.87. The first-order valence-electron chi connectivity index (χ1n) is 8.70. The van der Waals surface area contributed by atoms with Gasteiger partial charge >= 0.3 is 0 Å². The van der Waals surface area contributed by atoms with Crippen molar-refractivity contribution in [2.75, 3.05) is 7.11 Å². The van der Waals surface area contributed by atoms with Crippen LogP contribution in [0, 0.1) is 0 Å². The van der Waals surface area contributed by atoms with Gasteiger partial charge in [-0.2, -0.15) is 0 Å². The van der Waals surface area contributed by atoms with Crippen molar-refractivity contribution in [1.82, 2.24) is 0 Å². The highest BCUT2D eigenvalue weighted by Gasteiger charge is 2.13. The Bertz CT molecular complexity index is 970. The summed E-state index contributed by atoms with van der Waals surface area (Å²) < 4.78 is 5.28. The number of benzene rings is 3. The van der Waals surface area contributed by atoms with E-state index < -0.39 is 0 Å². The van der Waals surface area contributed by atoms with Crippen molar-refractivity contribution in [1.29, 1.82) is 0 Å². The number of rotatable bonds is 5. The van der Waals surface area contributed by atoms with Gasteiger partial charge in [0, 0.05) is 9.75 Å². The van der Waals surface area contributed by atoms with Crippen LogP contribution in [0.2, 0.25) is 0 Å². The first-order valence-corrected chi connectivity index (χ1v) is 9.51. The molecule has 0 unspecified atom stereocenters. The third-order valence-corrected chi connectivity index (χ3v) is 5.73. The third kappa shape index (κ3) is 3.56. The van der Waals surface area contributed by atoms with Crippen molar-refractivity contribution in [3.05, 3.63) is 102 Å². The second-order valence-electron chi connectivity index (χ2n) is 6.22. The lowest BCUT2D eigenvalue weighted by Crippen LogP contribution is -1.89. The molecule has 1 heterocycles. The molecule has 0 aliphatic rings. The Labute approximate surface area is 158 Å². The van der Waals surface area contributed by atoms with E-state index in [4.69, 9.17) is 4.74 Å². The summed E-state index contributed by atoms with van der Waals surface area (Å²) in [6.45, 7) is 0.